The van der Waals surface area contributed by atoms with Crippen molar-refractivity contribution in [2.45, 2.75) is 13.2 Å². The molecule has 0 aliphatic rings. The molecule has 0 saturated heterocycles. The van der Waals surface area contributed by atoms with Crippen molar-refractivity contribution in [1.82, 2.24) is 5.32 Å². The van der Waals surface area contributed by atoms with Crippen LogP contribution in [0, 0.1) is 0 Å². The standard InChI is InChI=1S/C15H15Cl2NO/c1-18-9-11-3-2-4-14(7-11)19-10-12-8-13(16)5-6-15(12)17/h2-8,18H,9-10H2,1H3. The van der Waals surface area contributed by atoms with Gasteiger partial charge in [0.15, 0.2) is 0 Å². The Labute approximate surface area is 123 Å². The van der Waals surface area contributed by atoms with E-state index in [9.17, 15) is 0 Å². The van der Waals surface area contributed by atoms with Crippen molar-refractivity contribution >= 4 is 23.2 Å². The zero-order valence-corrected chi connectivity index (χ0v) is 12.1. The summed E-state index contributed by atoms with van der Waals surface area (Å²) in [6.07, 6.45) is 0. The maximum atomic E-state index is 6.09. The van der Waals surface area contributed by atoms with Crippen molar-refractivity contribution in [3.63, 3.8) is 0 Å². The highest BCUT2D eigenvalue weighted by atomic mass is 35.5. The molecule has 0 radical (unpaired) electrons. The first-order valence-corrected chi connectivity index (χ1v) is 6.75. The molecule has 2 aromatic rings. The molecule has 0 aliphatic carbocycles. The molecule has 0 fully saturated rings. The summed E-state index contributed by atoms with van der Waals surface area (Å²) in [6.45, 7) is 1.22. The van der Waals surface area contributed by atoms with Gasteiger partial charge in [0.1, 0.15) is 12.4 Å². The molecule has 2 nitrogen and oxygen atoms in total. The molecular weight excluding hydrogens is 281 g/mol. The molecular formula is C15H15Cl2NO. The lowest BCUT2D eigenvalue weighted by Gasteiger charge is -2.09. The van der Waals surface area contributed by atoms with Gasteiger partial charge in [0, 0.05) is 22.2 Å². The number of benzene rings is 2. The topological polar surface area (TPSA) is 21.3 Å². The number of halogens is 2. The van der Waals surface area contributed by atoms with E-state index in [-0.39, 0.29) is 0 Å². The van der Waals surface area contributed by atoms with E-state index in [1.165, 1.54) is 5.56 Å². The van der Waals surface area contributed by atoms with Gasteiger partial charge < -0.3 is 10.1 Å². The first-order chi connectivity index (χ1) is 9.19. The van der Waals surface area contributed by atoms with E-state index in [1.807, 2.05) is 31.3 Å². The minimum absolute atomic E-state index is 0.405. The SMILES string of the molecule is CNCc1cccc(OCc2cc(Cl)ccc2Cl)c1. The Morgan fingerprint density at radius 3 is 2.74 bits per heavy atom. The quantitative estimate of drug-likeness (QED) is 0.888. The van der Waals surface area contributed by atoms with E-state index >= 15 is 0 Å². The van der Waals surface area contributed by atoms with Crippen molar-refractivity contribution < 1.29 is 4.74 Å². The van der Waals surface area contributed by atoms with Crippen molar-refractivity contribution in [2.75, 3.05) is 7.05 Å². The second-order valence-electron chi connectivity index (χ2n) is 4.20. The smallest absolute Gasteiger partial charge is 0.120 e. The molecule has 0 unspecified atom stereocenters. The summed E-state index contributed by atoms with van der Waals surface area (Å²) >= 11 is 12.0. The van der Waals surface area contributed by atoms with Gasteiger partial charge in [-0.25, -0.2) is 0 Å². The van der Waals surface area contributed by atoms with Crippen LogP contribution < -0.4 is 10.1 Å². The lowest BCUT2D eigenvalue weighted by atomic mass is 10.2. The van der Waals surface area contributed by atoms with Crippen molar-refractivity contribution in [1.29, 1.82) is 0 Å². The van der Waals surface area contributed by atoms with E-state index in [2.05, 4.69) is 11.4 Å². The number of hydrogen-bond acceptors (Lipinski definition) is 2. The van der Waals surface area contributed by atoms with E-state index in [0.29, 0.717) is 16.7 Å². The lowest BCUT2D eigenvalue weighted by Crippen LogP contribution is -2.05. The molecule has 2 rings (SSSR count). The fraction of sp³-hybridized carbons (Fsp3) is 0.200. The van der Waals surface area contributed by atoms with Crippen LogP contribution in [0.4, 0.5) is 0 Å². The van der Waals surface area contributed by atoms with Crippen LogP contribution in [0.25, 0.3) is 0 Å². The molecule has 19 heavy (non-hydrogen) atoms. The molecule has 0 spiro atoms. The molecule has 0 heterocycles. The Bertz CT molecular complexity index is 558. The van der Waals surface area contributed by atoms with Gasteiger partial charge in [-0.3, -0.25) is 0 Å². The van der Waals surface area contributed by atoms with Crippen LogP contribution >= 0.6 is 23.2 Å². The van der Waals surface area contributed by atoms with Crippen LogP contribution in [0.1, 0.15) is 11.1 Å². The Hall–Kier alpha value is -1.22. The minimum atomic E-state index is 0.405. The van der Waals surface area contributed by atoms with Crippen LogP contribution in [0.2, 0.25) is 10.0 Å². The minimum Gasteiger partial charge on any atom is -0.489 e. The van der Waals surface area contributed by atoms with Crippen LogP contribution in [-0.4, -0.2) is 7.05 Å². The van der Waals surface area contributed by atoms with E-state index in [4.69, 9.17) is 27.9 Å². The summed E-state index contributed by atoms with van der Waals surface area (Å²) in [5.41, 5.74) is 2.06. The average Bonchev–Trinajstić information content (AvgIpc) is 2.41. The highest BCUT2D eigenvalue weighted by molar-refractivity contribution is 6.33. The summed E-state index contributed by atoms with van der Waals surface area (Å²) in [7, 11) is 1.92. The van der Waals surface area contributed by atoms with Gasteiger partial charge in [0.2, 0.25) is 0 Å². The molecule has 0 bridgehead atoms. The molecule has 0 aromatic heterocycles. The third-order valence-corrected chi connectivity index (χ3v) is 3.29. The molecule has 100 valence electrons. The van der Waals surface area contributed by atoms with Crippen LogP contribution in [-0.2, 0) is 13.2 Å². The molecule has 4 heteroatoms. The number of ether oxygens (including phenoxy) is 1. The van der Waals surface area contributed by atoms with Crippen LogP contribution in [0.3, 0.4) is 0 Å². The monoisotopic (exact) mass is 295 g/mol. The van der Waals surface area contributed by atoms with Crippen molar-refractivity contribution in [3.05, 3.63) is 63.6 Å². The lowest BCUT2D eigenvalue weighted by molar-refractivity contribution is 0.306. The van der Waals surface area contributed by atoms with Gasteiger partial charge in [-0.15, -0.1) is 0 Å². The van der Waals surface area contributed by atoms with Gasteiger partial charge in [0.25, 0.3) is 0 Å². The van der Waals surface area contributed by atoms with Gasteiger partial charge in [-0.1, -0.05) is 35.3 Å². The summed E-state index contributed by atoms with van der Waals surface area (Å²) in [5.74, 6) is 0.823. The predicted octanol–water partition coefficient (Wildman–Crippen LogP) is 4.29. The van der Waals surface area contributed by atoms with Gasteiger partial charge in [-0.05, 0) is 42.9 Å². The third kappa shape index (κ3) is 4.13. The second-order valence-corrected chi connectivity index (χ2v) is 5.05. The highest BCUT2D eigenvalue weighted by Crippen LogP contribution is 2.22. The fourth-order valence-corrected chi connectivity index (χ4v) is 2.13. The Kier molecular flexibility index (Phi) is 5.08. The molecule has 2 aromatic carbocycles. The molecule has 0 amide bonds. The molecule has 0 aliphatic heterocycles. The van der Waals surface area contributed by atoms with Crippen molar-refractivity contribution in [3.8, 4) is 5.75 Å². The summed E-state index contributed by atoms with van der Waals surface area (Å²) < 4.78 is 5.74. The Morgan fingerprint density at radius 1 is 1.11 bits per heavy atom. The molecule has 0 saturated carbocycles. The third-order valence-electron chi connectivity index (χ3n) is 2.68. The fourth-order valence-electron chi connectivity index (χ4n) is 1.76. The van der Waals surface area contributed by atoms with Gasteiger partial charge in [-0.2, -0.15) is 0 Å². The number of rotatable bonds is 5. The average molecular weight is 296 g/mol. The zero-order valence-electron chi connectivity index (χ0n) is 10.6. The zero-order chi connectivity index (χ0) is 13.7. The van der Waals surface area contributed by atoms with E-state index in [1.54, 1.807) is 12.1 Å². The maximum Gasteiger partial charge on any atom is 0.120 e. The predicted molar refractivity (Wildman–Crippen MR) is 80.0 cm³/mol. The number of nitrogens with one attached hydrogen (secondary N) is 1. The largest absolute Gasteiger partial charge is 0.489 e. The van der Waals surface area contributed by atoms with Crippen molar-refractivity contribution in [2.24, 2.45) is 0 Å². The second kappa shape index (κ2) is 6.80. The van der Waals surface area contributed by atoms with E-state index in [0.717, 1.165) is 17.9 Å². The highest BCUT2D eigenvalue weighted by Gasteiger charge is 2.03. The van der Waals surface area contributed by atoms with Gasteiger partial charge >= 0.3 is 0 Å². The normalized spacial score (nSPS) is 10.5. The van der Waals surface area contributed by atoms with Crippen LogP contribution in [0.15, 0.2) is 42.5 Å². The summed E-state index contributed by atoms with van der Waals surface area (Å²) in [4.78, 5) is 0. The first-order valence-electron chi connectivity index (χ1n) is 5.99. The summed E-state index contributed by atoms with van der Waals surface area (Å²) in [5, 5.41) is 4.43. The first kappa shape index (κ1) is 14.2. The Balaban J connectivity index is 2.05. The number of hydrogen-bond donors (Lipinski definition) is 1. The van der Waals surface area contributed by atoms with Crippen LogP contribution in [0.5, 0.6) is 5.75 Å². The Morgan fingerprint density at radius 2 is 1.95 bits per heavy atom. The van der Waals surface area contributed by atoms with Gasteiger partial charge in [0.05, 0.1) is 0 Å². The van der Waals surface area contributed by atoms with E-state index < -0.39 is 0 Å². The molecule has 1 N–H and O–H groups in total. The molecule has 0 atom stereocenters. The maximum absolute atomic E-state index is 6.09. The summed E-state index contributed by atoms with van der Waals surface area (Å²) in [6, 6.07) is 13.3.